The van der Waals surface area contributed by atoms with E-state index >= 15 is 0 Å². The van der Waals surface area contributed by atoms with E-state index in [9.17, 15) is 4.79 Å². The molecule has 2 unspecified atom stereocenters. The Morgan fingerprint density at radius 3 is 2.73 bits per heavy atom. The average Bonchev–Trinajstić information content (AvgIpc) is 2.91. The number of amides is 1. The lowest BCUT2D eigenvalue weighted by Gasteiger charge is -2.13. The summed E-state index contributed by atoms with van der Waals surface area (Å²) in [5, 5.41) is 7.09. The Bertz CT molecular complexity index is 495. The maximum Gasteiger partial charge on any atom is 0.235 e. The first-order valence-corrected chi connectivity index (χ1v) is 7.80. The summed E-state index contributed by atoms with van der Waals surface area (Å²) in [5.74, 6) is -0.0693. The zero-order chi connectivity index (χ0) is 15.9. The third-order valence-electron chi connectivity index (χ3n) is 3.29. The Balaban J connectivity index is 1.78. The van der Waals surface area contributed by atoms with Gasteiger partial charge in [0, 0.05) is 36.2 Å². The van der Waals surface area contributed by atoms with Crippen molar-refractivity contribution in [1.29, 1.82) is 0 Å². The second-order valence-corrected chi connectivity index (χ2v) is 5.94. The fourth-order valence-corrected chi connectivity index (χ4v) is 2.81. The molecule has 1 heterocycles. The van der Waals surface area contributed by atoms with Crippen LogP contribution in [0.1, 0.15) is 18.0 Å². The number of carbonyl (C=O) groups excluding carboxylic acids is 1. The Kier molecular flexibility index (Phi) is 6.88. The summed E-state index contributed by atoms with van der Waals surface area (Å²) in [5.41, 5.74) is 7.18. The second-order valence-electron chi connectivity index (χ2n) is 5.07. The zero-order valence-corrected chi connectivity index (χ0v) is 13.8. The number of benzene rings is 1. The molecule has 0 radical (unpaired) electrons. The van der Waals surface area contributed by atoms with E-state index in [0.717, 1.165) is 5.56 Å². The molecule has 1 aliphatic heterocycles. The van der Waals surface area contributed by atoms with Gasteiger partial charge in [0.15, 0.2) is 0 Å². The van der Waals surface area contributed by atoms with Crippen LogP contribution in [-0.2, 0) is 9.53 Å². The second kappa shape index (κ2) is 8.67. The molecule has 2 rings (SSSR count). The number of halogens is 2. The molecule has 1 fully saturated rings. The number of hydrogen-bond acceptors (Lipinski definition) is 5. The molecule has 22 heavy (non-hydrogen) atoms. The van der Waals surface area contributed by atoms with Gasteiger partial charge in [-0.05, 0) is 23.8 Å². The summed E-state index contributed by atoms with van der Waals surface area (Å²) in [7, 11) is 1.62. The van der Waals surface area contributed by atoms with E-state index in [1.807, 2.05) is 12.1 Å². The first-order chi connectivity index (χ1) is 10.6. The molecule has 2 atom stereocenters. The highest BCUT2D eigenvalue weighted by atomic mass is 35.5. The molecular formula is C14H20Cl2N4O2. The van der Waals surface area contributed by atoms with Gasteiger partial charge in [0.05, 0.1) is 19.3 Å². The third-order valence-corrected chi connectivity index (χ3v) is 3.73. The van der Waals surface area contributed by atoms with Crippen LogP contribution in [-0.4, -0.2) is 38.9 Å². The van der Waals surface area contributed by atoms with E-state index in [-0.39, 0.29) is 24.7 Å². The summed E-state index contributed by atoms with van der Waals surface area (Å²) in [6.07, 6.45) is 0.569. The van der Waals surface area contributed by atoms with Crippen LogP contribution in [0.5, 0.6) is 0 Å². The van der Waals surface area contributed by atoms with Gasteiger partial charge in [-0.2, -0.15) is 0 Å². The van der Waals surface area contributed by atoms with Crippen LogP contribution in [0.3, 0.4) is 0 Å². The average molecular weight is 347 g/mol. The molecular weight excluding hydrogens is 327 g/mol. The Morgan fingerprint density at radius 2 is 2.05 bits per heavy atom. The van der Waals surface area contributed by atoms with Crippen LogP contribution in [0.4, 0.5) is 0 Å². The normalized spacial score (nSPS) is 21.0. The number of methoxy groups -OCH3 is 1. The molecule has 122 valence electrons. The summed E-state index contributed by atoms with van der Waals surface area (Å²) < 4.78 is 4.90. The van der Waals surface area contributed by atoms with Gasteiger partial charge in [-0.1, -0.05) is 23.2 Å². The molecule has 0 spiro atoms. The first-order valence-electron chi connectivity index (χ1n) is 7.04. The van der Waals surface area contributed by atoms with Crippen molar-refractivity contribution in [3.05, 3.63) is 33.8 Å². The maximum atomic E-state index is 11.8. The van der Waals surface area contributed by atoms with E-state index in [1.54, 1.807) is 13.2 Å². The topological polar surface area (TPSA) is 74.4 Å². The predicted molar refractivity (Wildman–Crippen MR) is 86.8 cm³/mol. The number of hydrazine groups is 1. The van der Waals surface area contributed by atoms with Crippen LogP contribution in [0.25, 0.3) is 0 Å². The van der Waals surface area contributed by atoms with E-state index in [0.29, 0.717) is 29.6 Å². The smallest absolute Gasteiger partial charge is 0.235 e. The number of ether oxygens (including phenoxy) is 1. The van der Waals surface area contributed by atoms with Crippen molar-refractivity contribution in [3.63, 3.8) is 0 Å². The van der Waals surface area contributed by atoms with Gasteiger partial charge in [-0.3, -0.25) is 4.79 Å². The largest absolute Gasteiger partial charge is 0.383 e. The van der Waals surface area contributed by atoms with Crippen LogP contribution in [0.15, 0.2) is 18.2 Å². The summed E-state index contributed by atoms with van der Waals surface area (Å²) in [6, 6.07) is 5.47. The lowest BCUT2D eigenvalue weighted by atomic mass is 10.0. The molecule has 1 amide bonds. The Labute approximate surface area is 139 Å². The van der Waals surface area contributed by atoms with Crippen molar-refractivity contribution >= 4 is 29.1 Å². The molecule has 1 aromatic rings. The van der Waals surface area contributed by atoms with E-state index in [1.165, 1.54) is 0 Å². The number of nitrogens with one attached hydrogen (secondary N) is 4. The number of carbonyl (C=O) groups is 1. The van der Waals surface area contributed by atoms with Gasteiger partial charge in [0.2, 0.25) is 5.91 Å². The molecule has 0 aromatic heterocycles. The van der Waals surface area contributed by atoms with Gasteiger partial charge in [-0.25, -0.2) is 10.9 Å². The Morgan fingerprint density at radius 1 is 1.32 bits per heavy atom. The summed E-state index contributed by atoms with van der Waals surface area (Å²) in [6.45, 7) is 1.48. The van der Waals surface area contributed by atoms with Crippen molar-refractivity contribution in [2.45, 2.75) is 18.6 Å². The van der Waals surface area contributed by atoms with Gasteiger partial charge < -0.3 is 15.4 Å². The molecule has 1 aromatic carbocycles. The predicted octanol–water partition coefficient (Wildman–Crippen LogP) is 1.21. The van der Waals surface area contributed by atoms with Gasteiger partial charge in [0.25, 0.3) is 0 Å². The van der Waals surface area contributed by atoms with Crippen LogP contribution >= 0.6 is 23.2 Å². The minimum absolute atomic E-state index is 0.0444. The minimum atomic E-state index is -0.139. The molecule has 8 heteroatoms. The number of rotatable bonds is 7. The van der Waals surface area contributed by atoms with Gasteiger partial charge >= 0.3 is 0 Å². The SMILES string of the molecule is COCCNCC(=O)NC1CC(c2cc(Cl)cc(Cl)c2)NN1. The molecule has 1 aliphatic rings. The fraction of sp³-hybridized carbons (Fsp3) is 0.500. The van der Waals surface area contributed by atoms with E-state index in [2.05, 4.69) is 21.5 Å². The third kappa shape index (κ3) is 5.39. The molecule has 6 nitrogen and oxygen atoms in total. The van der Waals surface area contributed by atoms with E-state index < -0.39 is 0 Å². The molecule has 4 N–H and O–H groups in total. The van der Waals surface area contributed by atoms with Crippen LogP contribution in [0.2, 0.25) is 10.0 Å². The minimum Gasteiger partial charge on any atom is -0.383 e. The fourth-order valence-electron chi connectivity index (χ4n) is 2.27. The van der Waals surface area contributed by atoms with Crippen LogP contribution < -0.4 is 21.5 Å². The van der Waals surface area contributed by atoms with Crippen molar-refractivity contribution in [2.75, 3.05) is 26.8 Å². The van der Waals surface area contributed by atoms with Gasteiger partial charge in [0.1, 0.15) is 0 Å². The zero-order valence-electron chi connectivity index (χ0n) is 12.3. The lowest BCUT2D eigenvalue weighted by molar-refractivity contribution is -0.121. The van der Waals surface area contributed by atoms with Crippen LogP contribution in [0, 0.1) is 0 Å². The Hall–Kier alpha value is -0.890. The first kappa shape index (κ1) is 17.5. The van der Waals surface area contributed by atoms with Crippen molar-refractivity contribution < 1.29 is 9.53 Å². The standard InChI is InChI=1S/C14H20Cl2N4O2/c1-22-3-2-17-8-14(21)18-13-7-12(19-20-13)9-4-10(15)6-11(16)5-9/h4-6,12-13,17,19-20H,2-3,7-8H2,1H3,(H,18,21). The highest BCUT2D eigenvalue weighted by Gasteiger charge is 2.26. The molecule has 0 saturated carbocycles. The highest BCUT2D eigenvalue weighted by molar-refractivity contribution is 6.34. The summed E-state index contributed by atoms with van der Waals surface area (Å²) >= 11 is 12.0. The number of hydrogen-bond donors (Lipinski definition) is 4. The van der Waals surface area contributed by atoms with Crippen molar-refractivity contribution in [2.24, 2.45) is 0 Å². The summed E-state index contributed by atoms with van der Waals surface area (Å²) in [4.78, 5) is 11.8. The quantitative estimate of drug-likeness (QED) is 0.558. The highest BCUT2D eigenvalue weighted by Crippen LogP contribution is 2.27. The van der Waals surface area contributed by atoms with Gasteiger partial charge in [-0.15, -0.1) is 0 Å². The lowest BCUT2D eigenvalue weighted by Crippen LogP contribution is -2.47. The molecule has 0 bridgehead atoms. The maximum absolute atomic E-state index is 11.8. The van der Waals surface area contributed by atoms with Crippen molar-refractivity contribution in [3.8, 4) is 0 Å². The monoisotopic (exact) mass is 346 g/mol. The van der Waals surface area contributed by atoms with Crippen molar-refractivity contribution in [1.82, 2.24) is 21.5 Å². The van der Waals surface area contributed by atoms with E-state index in [4.69, 9.17) is 27.9 Å². The molecule has 0 aliphatic carbocycles. The molecule has 1 saturated heterocycles.